The van der Waals surface area contributed by atoms with Gasteiger partial charge in [-0.15, -0.1) is 0 Å². The normalized spacial score (nSPS) is 20.5. The molecular formula is C21H23N3OS. The van der Waals surface area contributed by atoms with E-state index in [1.165, 1.54) is 16.7 Å². The maximum atomic E-state index is 5.80. The second kappa shape index (κ2) is 7.87. The Balaban J connectivity index is 1.46. The average Bonchev–Trinajstić information content (AvgIpc) is 3.15. The lowest BCUT2D eigenvalue weighted by Crippen LogP contribution is -2.40. The number of hydrogen-bond acceptors (Lipinski definition) is 3. The van der Waals surface area contributed by atoms with Crippen molar-refractivity contribution in [1.82, 2.24) is 10.2 Å². The Labute approximate surface area is 159 Å². The molecule has 4 rings (SSSR count). The smallest absolute Gasteiger partial charge is 0.294 e. The van der Waals surface area contributed by atoms with Crippen molar-refractivity contribution in [2.24, 2.45) is 4.99 Å². The van der Waals surface area contributed by atoms with Gasteiger partial charge in [-0.1, -0.05) is 54.6 Å². The molecule has 1 saturated heterocycles. The van der Waals surface area contributed by atoms with Gasteiger partial charge in [-0.05, 0) is 48.2 Å². The van der Waals surface area contributed by atoms with Crippen molar-refractivity contribution < 1.29 is 4.74 Å². The molecule has 2 aliphatic rings. The number of hydrogen-bond donors (Lipinski definition) is 1. The van der Waals surface area contributed by atoms with Crippen LogP contribution in [0.25, 0.3) is 0 Å². The average molecular weight is 366 g/mol. The van der Waals surface area contributed by atoms with Crippen LogP contribution in [0.3, 0.4) is 0 Å². The van der Waals surface area contributed by atoms with Crippen molar-refractivity contribution in [3.63, 3.8) is 0 Å². The highest BCUT2D eigenvalue weighted by atomic mass is 32.1. The third-order valence-electron chi connectivity index (χ3n) is 4.91. The van der Waals surface area contributed by atoms with E-state index in [0.29, 0.717) is 24.3 Å². The zero-order valence-corrected chi connectivity index (χ0v) is 15.5. The molecule has 0 radical (unpaired) electrons. The van der Waals surface area contributed by atoms with E-state index in [4.69, 9.17) is 21.9 Å². The predicted octanol–water partition coefficient (Wildman–Crippen LogP) is 3.83. The SMILES string of the molecule is S=C(NCc1ccccc1)N1CCO/C1=N\[C@H]1CCCc2ccccc21. The van der Waals surface area contributed by atoms with Crippen molar-refractivity contribution in [3.8, 4) is 0 Å². The van der Waals surface area contributed by atoms with Gasteiger partial charge < -0.3 is 10.1 Å². The summed E-state index contributed by atoms with van der Waals surface area (Å²) in [6, 6.07) is 19.7. The summed E-state index contributed by atoms with van der Waals surface area (Å²) in [6.45, 7) is 2.07. The molecule has 0 bridgehead atoms. The molecule has 1 aliphatic heterocycles. The maximum absolute atomic E-state index is 5.80. The summed E-state index contributed by atoms with van der Waals surface area (Å²) in [5, 5.41) is 4.00. The summed E-state index contributed by atoms with van der Waals surface area (Å²) >= 11 is 5.59. The van der Waals surface area contributed by atoms with Crippen molar-refractivity contribution >= 4 is 23.4 Å². The highest BCUT2D eigenvalue weighted by Gasteiger charge is 2.27. The summed E-state index contributed by atoms with van der Waals surface area (Å²) in [7, 11) is 0. The van der Waals surface area contributed by atoms with Crippen LogP contribution >= 0.6 is 12.2 Å². The minimum absolute atomic E-state index is 0.160. The van der Waals surface area contributed by atoms with Crippen LogP contribution in [0, 0.1) is 0 Å². The second-order valence-corrected chi connectivity index (χ2v) is 7.05. The molecule has 0 saturated carbocycles. The molecule has 4 nitrogen and oxygen atoms in total. The predicted molar refractivity (Wildman–Crippen MR) is 108 cm³/mol. The van der Waals surface area contributed by atoms with Crippen molar-refractivity contribution in [2.75, 3.05) is 13.2 Å². The second-order valence-electron chi connectivity index (χ2n) is 6.66. The molecule has 1 aliphatic carbocycles. The van der Waals surface area contributed by atoms with Gasteiger partial charge in [0.2, 0.25) is 0 Å². The molecule has 134 valence electrons. The van der Waals surface area contributed by atoms with E-state index < -0.39 is 0 Å². The highest BCUT2D eigenvalue weighted by molar-refractivity contribution is 7.80. The first kappa shape index (κ1) is 17.0. The van der Waals surface area contributed by atoms with E-state index in [-0.39, 0.29) is 6.04 Å². The Hall–Kier alpha value is -2.40. The van der Waals surface area contributed by atoms with E-state index in [2.05, 4.69) is 41.7 Å². The summed E-state index contributed by atoms with van der Waals surface area (Å²) in [4.78, 5) is 6.91. The van der Waals surface area contributed by atoms with E-state index >= 15 is 0 Å². The van der Waals surface area contributed by atoms with Crippen LogP contribution in [0.1, 0.15) is 35.6 Å². The minimum atomic E-state index is 0.160. The molecule has 0 amide bonds. The van der Waals surface area contributed by atoms with E-state index in [1.54, 1.807) is 0 Å². The van der Waals surface area contributed by atoms with Gasteiger partial charge >= 0.3 is 0 Å². The molecule has 0 aromatic heterocycles. The molecule has 2 aromatic rings. The minimum Gasteiger partial charge on any atom is -0.463 e. The first-order chi connectivity index (χ1) is 12.8. The maximum Gasteiger partial charge on any atom is 0.294 e. The van der Waals surface area contributed by atoms with Gasteiger partial charge in [0.1, 0.15) is 6.61 Å². The Kier molecular flexibility index (Phi) is 5.16. The number of fused-ring (bicyclic) bond motifs is 1. The van der Waals surface area contributed by atoms with Gasteiger partial charge in [0.25, 0.3) is 6.02 Å². The molecule has 0 spiro atoms. The standard InChI is InChI=1S/C21H23N3OS/c26-21(22-15-16-7-2-1-3-8-16)24-13-14-25-20(24)23-19-12-6-10-17-9-4-5-11-18(17)19/h1-5,7-9,11,19H,6,10,12-15H2,(H,22,26)/b23-20-/t19-/m0/s1. The van der Waals surface area contributed by atoms with E-state index in [9.17, 15) is 0 Å². The molecule has 1 fully saturated rings. The quantitative estimate of drug-likeness (QED) is 0.839. The van der Waals surface area contributed by atoms with Crippen LogP contribution in [0.15, 0.2) is 59.6 Å². The molecule has 5 heteroatoms. The van der Waals surface area contributed by atoms with E-state index in [1.807, 2.05) is 23.1 Å². The Bertz CT molecular complexity index is 806. The zero-order valence-electron chi connectivity index (χ0n) is 14.7. The van der Waals surface area contributed by atoms with E-state index in [0.717, 1.165) is 25.8 Å². The fourth-order valence-corrected chi connectivity index (χ4v) is 3.80. The third kappa shape index (κ3) is 3.73. The van der Waals surface area contributed by atoms with Crippen molar-refractivity contribution in [1.29, 1.82) is 0 Å². The lowest BCUT2D eigenvalue weighted by atomic mass is 9.88. The van der Waals surface area contributed by atoms with Crippen LogP contribution in [-0.4, -0.2) is 29.2 Å². The van der Waals surface area contributed by atoms with Gasteiger partial charge in [-0.3, -0.25) is 4.90 Å². The van der Waals surface area contributed by atoms with Crippen molar-refractivity contribution in [3.05, 3.63) is 71.3 Å². The lowest BCUT2D eigenvalue weighted by Gasteiger charge is -2.24. The van der Waals surface area contributed by atoms with Gasteiger partial charge in [0, 0.05) is 6.54 Å². The molecule has 1 N–H and O–H groups in total. The van der Waals surface area contributed by atoms with Gasteiger partial charge in [-0.2, -0.15) is 0 Å². The third-order valence-corrected chi connectivity index (χ3v) is 5.28. The number of nitrogens with one attached hydrogen (secondary N) is 1. The summed E-state index contributed by atoms with van der Waals surface area (Å²) in [6.07, 6.45) is 3.36. The number of ether oxygens (including phenoxy) is 1. The number of amidine groups is 1. The van der Waals surface area contributed by atoms with Gasteiger partial charge in [-0.25, -0.2) is 4.99 Å². The number of rotatable bonds is 3. The Morgan fingerprint density at radius 1 is 1.15 bits per heavy atom. The summed E-state index contributed by atoms with van der Waals surface area (Å²) < 4.78 is 5.80. The number of benzene rings is 2. The molecule has 2 aromatic carbocycles. The van der Waals surface area contributed by atoms with Crippen LogP contribution in [0.4, 0.5) is 0 Å². The number of aliphatic imine (C=N–C) groups is 1. The van der Waals surface area contributed by atoms with Crippen LogP contribution in [-0.2, 0) is 17.7 Å². The van der Waals surface area contributed by atoms with Crippen LogP contribution in [0.5, 0.6) is 0 Å². The molecule has 1 atom stereocenters. The van der Waals surface area contributed by atoms with Crippen LogP contribution < -0.4 is 5.32 Å². The number of thiocarbonyl (C=S) groups is 1. The largest absolute Gasteiger partial charge is 0.463 e. The Morgan fingerprint density at radius 2 is 1.96 bits per heavy atom. The lowest BCUT2D eigenvalue weighted by molar-refractivity contribution is 0.347. The summed E-state index contributed by atoms with van der Waals surface area (Å²) in [5.74, 6) is 0. The number of nitrogens with zero attached hydrogens (tertiary/aromatic N) is 2. The van der Waals surface area contributed by atoms with Gasteiger partial charge in [0.05, 0.1) is 12.6 Å². The zero-order chi connectivity index (χ0) is 17.8. The number of aryl methyl sites for hydroxylation is 1. The monoisotopic (exact) mass is 365 g/mol. The highest BCUT2D eigenvalue weighted by Crippen LogP contribution is 2.33. The molecular weight excluding hydrogens is 342 g/mol. The first-order valence-corrected chi connectivity index (χ1v) is 9.60. The Morgan fingerprint density at radius 3 is 2.85 bits per heavy atom. The fraction of sp³-hybridized carbons (Fsp3) is 0.333. The topological polar surface area (TPSA) is 36.9 Å². The van der Waals surface area contributed by atoms with Crippen LogP contribution in [0.2, 0.25) is 0 Å². The molecule has 0 unspecified atom stereocenters. The molecule has 26 heavy (non-hydrogen) atoms. The molecule has 1 heterocycles. The first-order valence-electron chi connectivity index (χ1n) is 9.19. The van der Waals surface area contributed by atoms with Gasteiger partial charge in [0.15, 0.2) is 5.11 Å². The fourth-order valence-electron chi connectivity index (χ4n) is 3.56. The summed E-state index contributed by atoms with van der Waals surface area (Å²) in [5.41, 5.74) is 3.93. The van der Waals surface area contributed by atoms with Crippen molar-refractivity contribution in [2.45, 2.75) is 31.8 Å².